The number of aromatic nitrogens is 8. The quantitative estimate of drug-likeness (QED) is 0.0538. The number of halogens is 2. The van der Waals surface area contributed by atoms with Crippen LogP contribution < -0.4 is 17.0 Å². The fraction of sp³-hybridized carbons (Fsp3) is 0.676. The van der Waals surface area contributed by atoms with Crippen molar-refractivity contribution in [2.75, 3.05) is 37.0 Å². The molecule has 27 heteroatoms. The highest BCUT2D eigenvalue weighted by Gasteiger charge is 2.54. The van der Waals surface area contributed by atoms with Crippen LogP contribution in [0.4, 0.5) is 20.5 Å². The number of aromatic amines is 1. The van der Waals surface area contributed by atoms with Gasteiger partial charge in [0.25, 0.3) is 5.56 Å². The van der Waals surface area contributed by atoms with Gasteiger partial charge in [-0.3, -0.25) is 37.3 Å². The van der Waals surface area contributed by atoms with E-state index >= 15 is 8.78 Å². The normalized spacial score (nSPS) is 31.0. The zero-order chi connectivity index (χ0) is 43.3. The molecule has 3 fully saturated rings. The van der Waals surface area contributed by atoms with Crippen molar-refractivity contribution in [2.45, 2.75) is 120 Å². The van der Waals surface area contributed by atoms with E-state index < -0.39 is 101 Å². The van der Waals surface area contributed by atoms with Crippen molar-refractivity contribution in [2.24, 2.45) is 0 Å². The number of H-pyrrole nitrogens is 1. The van der Waals surface area contributed by atoms with Gasteiger partial charge in [-0.05, 0) is 6.42 Å². The first-order chi connectivity index (χ1) is 29.3. The molecule has 3 unspecified atom stereocenters. The second-order valence-electron chi connectivity index (χ2n) is 14.7. The SMILES string of the molecule is CCCCCCCCCCCC(=O)OCSP1(=O)OCC2O[C@@H](n3cnc4c(N)ncnc43)[C@H](F)[C@@H]2OCP(=O)(O)OC[C@H]2O[C@@H](n3cnc4c(=O)[nH]c(N)nc43)[C@H](O1)[C@@H]2F. The van der Waals surface area contributed by atoms with Gasteiger partial charge in [-0.1, -0.05) is 58.3 Å². The molecule has 7 rings (SSSR count). The van der Waals surface area contributed by atoms with Crippen LogP contribution in [0.25, 0.3) is 22.3 Å². The second kappa shape index (κ2) is 19.8. The number of nitrogen functional groups attached to an aromatic ring is 2. The highest BCUT2D eigenvalue weighted by molar-refractivity contribution is 8.55. The lowest BCUT2D eigenvalue weighted by atomic mass is 10.1. The smallest absolute Gasteiger partial charge is 0.393 e. The van der Waals surface area contributed by atoms with Crippen LogP contribution in [0.1, 0.15) is 83.6 Å². The summed E-state index contributed by atoms with van der Waals surface area (Å²) in [6, 6.07) is 0. The minimum atomic E-state index is -4.75. The Kier molecular flexibility index (Phi) is 14.7. The number of anilines is 2. The van der Waals surface area contributed by atoms with E-state index in [9.17, 15) is 23.6 Å². The van der Waals surface area contributed by atoms with E-state index in [-0.39, 0.29) is 40.5 Å². The van der Waals surface area contributed by atoms with Gasteiger partial charge in [0, 0.05) is 17.8 Å². The first-order valence-corrected chi connectivity index (χ1v) is 24.7. The summed E-state index contributed by atoms with van der Waals surface area (Å²) in [5, 5.41) is 0. The van der Waals surface area contributed by atoms with Gasteiger partial charge >= 0.3 is 20.4 Å². The standard InChI is InChI=1S/C34H48F2N10O12P2S/c1-2-3-4-5-6-7-8-9-10-11-21(47)53-18-61-60(51)55-13-20-26(23(36)32(57-20)45-15-41-24-28(37)39-14-40-29(24)45)52-17-59(49,50)54-12-19-22(35)27(58-60)33(56-19)46-16-42-25-30(46)43-34(38)44-31(25)48/h14-16,19-20,22-23,26-27,32-33H,2-13,17-18H2,1H3,(H,49,50)(H2,37,39,40)(H3,38,43,44,48)/t19-,20?,22-,23-,26-,27-,32-,33-,60?/m1/s1. The van der Waals surface area contributed by atoms with Crippen LogP contribution in [-0.4, -0.2) is 112 Å². The number of nitrogens with zero attached hydrogens (tertiary/aromatic N) is 7. The monoisotopic (exact) mass is 920 g/mol. The van der Waals surface area contributed by atoms with Crippen LogP contribution in [0.3, 0.4) is 0 Å². The topological polar surface area (TPSA) is 295 Å². The number of nitrogens with two attached hydrogens (primary N) is 2. The van der Waals surface area contributed by atoms with Gasteiger partial charge in [0.2, 0.25) is 5.95 Å². The molecular formula is C34H48F2N10O12P2S. The number of alkyl halides is 2. The molecule has 7 heterocycles. The van der Waals surface area contributed by atoms with Gasteiger partial charge in [0.05, 0.1) is 25.9 Å². The van der Waals surface area contributed by atoms with Crippen LogP contribution in [-0.2, 0) is 46.4 Å². The molecule has 4 aromatic rings. The minimum Gasteiger partial charge on any atom is -0.454 e. The van der Waals surface area contributed by atoms with Crippen molar-refractivity contribution in [3.8, 4) is 0 Å². The number of ether oxygens (including phenoxy) is 4. The van der Waals surface area contributed by atoms with Gasteiger partial charge in [-0.2, -0.15) is 4.98 Å². The Morgan fingerprint density at radius 1 is 0.902 bits per heavy atom. The van der Waals surface area contributed by atoms with Gasteiger partial charge < -0.3 is 39.8 Å². The van der Waals surface area contributed by atoms with Crippen LogP contribution in [0.15, 0.2) is 23.8 Å². The van der Waals surface area contributed by atoms with Gasteiger partial charge in [-0.25, -0.2) is 33.3 Å². The van der Waals surface area contributed by atoms with Crippen LogP contribution >= 0.6 is 25.8 Å². The van der Waals surface area contributed by atoms with E-state index in [4.69, 9.17) is 44.0 Å². The summed E-state index contributed by atoms with van der Waals surface area (Å²) in [5.74, 6) is -1.44. The van der Waals surface area contributed by atoms with Gasteiger partial charge in [0.15, 0.2) is 47.4 Å². The van der Waals surface area contributed by atoms with Crippen molar-refractivity contribution in [1.82, 2.24) is 39.0 Å². The molecule has 10 atom stereocenters. The summed E-state index contributed by atoms with van der Waals surface area (Å²) in [4.78, 5) is 58.6. The van der Waals surface area contributed by atoms with Gasteiger partial charge in [0.1, 0.15) is 48.5 Å². The summed E-state index contributed by atoms with van der Waals surface area (Å²) in [6.07, 6.45) is -2.29. The molecule has 336 valence electrons. The van der Waals surface area contributed by atoms with Crippen molar-refractivity contribution < 1.29 is 60.1 Å². The fourth-order valence-electron chi connectivity index (χ4n) is 7.23. The van der Waals surface area contributed by atoms with Gasteiger partial charge in [-0.15, -0.1) is 0 Å². The third-order valence-corrected chi connectivity index (χ3v) is 14.7. The Hall–Kier alpha value is -3.64. The average molecular weight is 921 g/mol. The number of nitrogens with one attached hydrogen (secondary N) is 1. The molecule has 3 aliphatic rings. The molecule has 0 aromatic carbocycles. The molecule has 3 saturated heterocycles. The van der Waals surface area contributed by atoms with E-state index in [1.807, 2.05) is 0 Å². The Labute approximate surface area is 350 Å². The molecule has 3 aliphatic heterocycles. The maximum Gasteiger partial charge on any atom is 0.393 e. The number of esters is 1. The highest BCUT2D eigenvalue weighted by Crippen LogP contribution is 2.64. The van der Waals surface area contributed by atoms with Crippen molar-refractivity contribution in [1.29, 1.82) is 0 Å². The number of hydrogen-bond donors (Lipinski definition) is 4. The van der Waals surface area contributed by atoms with Crippen molar-refractivity contribution >= 4 is 65.8 Å². The number of unbranched alkanes of at least 4 members (excludes halogenated alkanes) is 8. The number of carbonyl (C=O) groups is 1. The number of rotatable bonds is 15. The second-order valence-corrected chi connectivity index (χ2v) is 20.5. The molecule has 4 aromatic heterocycles. The Morgan fingerprint density at radius 3 is 2.33 bits per heavy atom. The van der Waals surface area contributed by atoms with Crippen molar-refractivity contribution in [3.05, 3.63) is 29.3 Å². The molecule has 61 heavy (non-hydrogen) atoms. The number of imidazole rings is 2. The molecule has 0 aliphatic carbocycles. The largest absolute Gasteiger partial charge is 0.454 e. The lowest BCUT2D eigenvalue weighted by molar-refractivity contribution is -0.141. The zero-order valence-corrected chi connectivity index (χ0v) is 35.6. The molecule has 0 saturated carbocycles. The maximum absolute atomic E-state index is 16.5. The molecule has 0 radical (unpaired) electrons. The van der Waals surface area contributed by atoms with Crippen LogP contribution in [0.5, 0.6) is 0 Å². The Balaban J connectivity index is 1.12. The molecule has 0 spiro atoms. The summed E-state index contributed by atoms with van der Waals surface area (Å²) >= 11 is 0.407. The predicted molar refractivity (Wildman–Crippen MR) is 214 cm³/mol. The first-order valence-electron chi connectivity index (χ1n) is 19.8. The van der Waals surface area contributed by atoms with Crippen LogP contribution in [0.2, 0.25) is 0 Å². The van der Waals surface area contributed by atoms with Crippen LogP contribution in [0, 0.1) is 0 Å². The van der Waals surface area contributed by atoms with E-state index in [0.29, 0.717) is 17.8 Å². The van der Waals surface area contributed by atoms with E-state index in [1.54, 1.807) is 0 Å². The van der Waals surface area contributed by atoms with E-state index in [2.05, 4.69) is 36.8 Å². The summed E-state index contributed by atoms with van der Waals surface area (Å²) < 4.78 is 103. The summed E-state index contributed by atoms with van der Waals surface area (Å²) in [5.41, 5.74) is 10.8. The Bertz CT molecular complexity index is 2310. The average Bonchev–Trinajstić information content (AvgIpc) is 3.99. The predicted octanol–water partition coefficient (Wildman–Crippen LogP) is 4.82. The van der Waals surface area contributed by atoms with E-state index in [0.717, 1.165) is 42.9 Å². The molecule has 0 amide bonds. The molecule has 6 N–H and O–H groups in total. The number of carbonyl (C=O) groups excluding carboxylic acids is 1. The third kappa shape index (κ3) is 10.6. The summed E-state index contributed by atoms with van der Waals surface area (Å²) in [6.45, 7) is -4.18. The molecule has 22 nitrogen and oxygen atoms in total. The van der Waals surface area contributed by atoms with Crippen molar-refractivity contribution in [3.63, 3.8) is 0 Å². The Morgan fingerprint density at radius 2 is 1.57 bits per heavy atom. The third-order valence-electron chi connectivity index (χ3n) is 10.4. The lowest BCUT2D eigenvalue weighted by Gasteiger charge is -2.27. The number of fused-ring (bicyclic) bond motifs is 5. The number of hydrogen-bond acceptors (Lipinski definition) is 19. The minimum absolute atomic E-state index is 0.00944. The summed E-state index contributed by atoms with van der Waals surface area (Å²) in [7, 11) is -4.75. The lowest BCUT2D eigenvalue weighted by Crippen LogP contribution is -2.36. The maximum atomic E-state index is 16.5. The fourth-order valence-corrected chi connectivity index (χ4v) is 10.8. The zero-order valence-electron chi connectivity index (χ0n) is 33.0. The molecular weight excluding hydrogens is 872 g/mol. The molecule has 2 bridgehead atoms. The van der Waals surface area contributed by atoms with E-state index in [1.165, 1.54) is 36.6 Å². The highest BCUT2D eigenvalue weighted by atomic mass is 32.7. The first kappa shape index (κ1) is 45.4.